The highest BCUT2D eigenvalue weighted by Crippen LogP contribution is 2.49. The average Bonchev–Trinajstić information content (AvgIpc) is 3.85. The van der Waals surface area contributed by atoms with E-state index >= 15 is 4.79 Å². The molecule has 0 N–H and O–H groups in total. The van der Waals surface area contributed by atoms with Gasteiger partial charge in [-0.15, -0.1) is 0 Å². The zero-order chi connectivity index (χ0) is 34.3. The Morgan fingerprint density at radius 2 is 1.57 bits per heavy atom. The predicted octanol–water partition coefficient (Wildman–Crippen LogP) is 6.20. The summed E-state index contributed by atoms with van der Waals surface area (Å²) in [6.45, 7) is 6.49. The van der Waals surface area contributed by atoms with Crippen molar-refractivity contribution in [3.05, 3.63) is 89.5 Å². The van der Waals surface area contributed by atoms with E-state index in [0.29, 0.717) is 43.3 Å². The van der Waals surface area contributed by atoms with Crippen molar-refractivity contribution in [2.45, 2.75) is 64.0 Å². The lowest BCUT2D eigenvalue weighted by atomic mass is 9.81. The van der Waals surface area contributed by atoms with Gasteiger partial charge in [0.2, 0.25) is 18.6 Å². The second-order valence-corrected chi connectivity index (χ2v) is 13.1. The van der Waals surface area contributed by atoms with Crippen LogP contribution in [0.5, 0.6) is 17.2 Å². The van der Waals surface area contributed by atoms with Gasteiger partial charge in [0.25, 0.3) is 0 Å². The van der Waals surface area contributed by atoms with Crippen LogP contribution < -0.4 is 14.2 Å². The maximum Gasteiger partial charge on any atom is 0.416 e. The van der Waals surface area contributed by atoms with Gasteiger partial charge in [-0.3, -0.25) is 14.5 Å². The molecule has 10 nitrogen and oxygen atoms in total. The van der Waals surface area contributed by atoms with Crippen LogP contribution in [-0.4, -0.2) is 85.3 Å². The number of nitrogens with zero attached hydrogens (tertiary/aromatic N) is 3. The van der Waals surface area contributed by atoms with Gasteiger partial charge in [0.05, 0.1) is 25.6 Å². The predicted molar refractivity (Wildman–Crippen MR) is 185 cm³/mol. The Morgan fingerprint density at radius 1 is 0.878 bits per heavy atom. The van der Waals surface area contributed by atoms with Crippen molar-refractivity contribution >= 4 is 17.9 Å². The van der Waals surface area contributed by atoms with Crippen molar-refractivity contribution in [1.82, 2.24) is 14.7 Å². The van der Waals surface area contributed by atoms with Crippen LogP contribution in [0, 0.1) is 5.92 Å². The van der Waals surface area contributed by atoms with Crippen LogP contribution in [0.25, 0.3) is 0 Å². The largest absolute Gasteiger partial charge is 0.497 e. The highest BCUT2D eigenvalue weighted by atomic mass is 16.7. The number of ether oxygens (including phenoxy) is 4. The number of cyclic esters (lactones) is 1. The third-order valence-electron chi connectivity index (χ3n) is 9.93. The summed E-state index contributed by atoms with van der Waals surface area (Å²) in [5.41, 5.74) is 2.77. The lowest BCUT2D eigenvalue weighted by Crippen LogP contribution is -2.46. The van der Waals surface area contributed by atoms with Crippen molar-refractivity contribution in [1.29, 1.82) is 0 Å². The number of imide groups is 1. The van der Waals surface area contributed by atoms with E-state index in [1.165, 1.54) is 4.90 Å². The molecular formula is C39H47N3O7. The van der Waals surface area contributed by atoms with Gasteiger partial charge in [-0.2, -0.15) is 0 Å². The maximum absolute atomic E-state index is 15.1. The fourth-order valence-electron chi connectivity index (χ4n) is 7.33. The van der Waals surface area contributed by atoms with E-state index in [1.54, 1.807) is 7.11 Å². The maximum atomic E-state index is 15.1. The van der Waals surface area contributed by atoms with Crippen LogP contribution in [0.4, 0.5) is 4.79 Å². The molecule has 0 radical (unpaired) electrons. The number of unbranched alkanes of at least 4 members (excludes halogenated alkanes) is 2. The number of rotatable bonds is 14. The lowest BCUT2D eigenvalue weighted by Gasteiger charge is -2.32. The smallest absolute Gasteiger partial charge is 0.416 e. The molecule has 260 valence electrons. The summed E-state index contributed by atoms with van der Waals surface area (Å²) in [7, 11) is 1.62. The first kappa shape index (κ1) is 34.3. The van der Waals surface area contributed by atoms with Gasteiger partial charge in [-0.1, -0.05) is 75.2 Å². The molecule has 3 amide bonds. The van der Waals surface area contributed by atoms with Crippen LogP contribution in [0.2, 0.25) is 0 Å². The van der Waals surface area contributed by atoms with Gasteiger partial charge in [0, 0.05) is 31.6 Å². The van der Waals surface area contributed by atoms with Crippen molar-refractivity contribution in [3.63, 3.8) is 0 Å². The molecule has 3 aromatic carbocycles. The second-order valence-electron chi connectivity index (χ2n) is 13.1. The summed E-state index contributed by atoms with van der Waals surface area (Å²) in [4.78, 5) is 48.0. The number of carbonyl (C=O) groups is 3. The fourth-order valence-corrected chi connectivity index (χ4v) is 7.33. The third-order valence-corrected chi connectivity index (χ3v) is 9.93. The molecular weight excluding hydrogens is 622 g/mol. The van der Waals surface area contributed by atoms with Gasteiger partial charge < -0.3 is 23.8 Å². The van der Waals surface area contributed by atoms with Crippen LogP contribution in [0.3, 0.4) is 0 Å². The Bertz CT molecular complexity index is 1590. The van der Waals surface area contributed by atoms with E-state index in [-0.39, 0.29) is 37.7 Å². The first-order valence-corrected chi connectivity index (χ1v) is 17.5. The summed E-state index contributed by atoms with van der Waals surface area (Å²) in [5, 5.41) is 0. The first-order valence-electron chi connectivity index (χ1n) is 17.5. The zero-order valence-corrected chi connectivity index (χ0v) is 28.7. The number of methoxy groups -OCH3 is 1. The van der Waals surface area contributed by atoms with Crippen molar-refractivity contribution in [3.8, 4) is 17.2 Å². The molecule has 4 atom stereocenters. The molecule has 0 aliphatic carbocycles. The summed E-state index contributed by atoms with van der Waals surface area (Å²) >= 11 is 0. The molecule has 0 aromatic heterocycles. The molecule has 0 spiro atoms. The Labute approximate surface area is 288 Å². The number of likely N-dealkylation sites (tertiary alicyclic amines) is 1. The van der Waals surface area contributed by atoms with Crippen molar-refractivity contribution in [2.24, 2.45) is 5.92 Å². The highest BCUT2D eigenvalue weighted by molar-refractivity contribution is 5.96. The molecule has 49 heavy (non-hydrogen) atoms. The summed E-state index contributed by atoms with van der Waals surface area (Å²) in [5.74, 6) is 0.633. The van der Waals surface area contributed by atoms with E-state index in [2.05, 4.69) is 18.7 Å². The molecule has 10 heteroatoms. The number of fused-ring (bicyclic) bond motifs is 1. The molecule has 3 heterocycles. The molecule has 0 bridgehead atoms. The summed E-state index contributed by atoms with van der Waals surface area (Å²) in [6, 6.07) is 22.3. The highest BCUT2D eigenvalue weighted by Gasteiger charge is 2.52. The Balaban J connectivity index is 1.41. The fraction of sp³-hybridized carbons (Fsp3) is 0.462. The molecule has 3 aromatic rings. The quantitative estimate of drug-likeness (QED) is 0.200. The third kappa shape index (κ3) is 7.54. The molecule has 3 aliphatic heterocycles. The molecule has 3 aliphatic rings. The minimum atomic E-state index is -0.703. The van der Waals surface area contributed by atoms with Gasteiger partial charge in [-0.25, -0.2) is 9.69 Å². The number of carbonyl (C=O) groups excluding carboxylic acids is 3. The van der Waals surface area contributed by atoms with E-state index in [1.807, 2.05) is 77.7 Å². The van der Waals surface area contributed by atoms with E-state index in [0.717, 1.165) is 42.4 Å². The molecule has 2 fully saturated rings. The normalized spacial score (nSPS) is 21.5. The number of hydrogen-bond donors (Lipinski definition) is 0. The van der Waals surface area contributed by atoms with Crippen LogP contribution >= 0.6 is 0 Å². The van der Waals surface area contributed by atoms with E-state index < -0.39 is 24.1 Å². The van der Waals surface area contributed by atoms with Crippen LogP contribution in [0.15, 0.2) is 72.8 Å². The molecule has 6 rings (SSSR count). The van der Waals surface area contributed by atoms with Crippen LogP contribution in [0.1, 0.15) is 68.2 Å². The Kier molecular flexibility index (Phi) is 11.0. The minimum Gasteiger partial charge on any atom is -0.497 e. The average molecular weight is 670 g/mol. The topological polar surface area (TPSA) is 97.9 Å². The van der Waals surface area contributed by atoms with E-state index in [4.69, 9.17) is 18.9 Å². The number of amides is 3. The van der Waals surface area contributed by atoms with Gasteiger partial charge in [0.1, 0.15) is 12.4 Å². The molecule has 2 saturated heterocycles. The van der Waals surface area contributed by atoms with Gasteiger partial charge in [-0.05, 0) is 60.2 Å². The Hall–Kier alpha value is -4.57. The number of hydrogen-bond acceptors (Lipinski definition) is 8. The van der Waals surface area contributed by atoms with Crippen molar-refractivity contribution < 1.29 is 33.3 Å². The summed E-state index contributed by atoms with van der Waals surface area (Å²) in [6.07, 6.45) is 3.69. The Morgan fingerprint density at radius 3 is 2.27 bits per heavy atom. The molecule has 0 saturated carbocycles. The first-order chi connectivity index (χ1) is 23.9. The minimum absolute atomic E-state index is 0.0421. The SMILES string of the molecule is CCCCN(CCCC)C(=O)CN1C[C@@H](c2ccc3c(c2)OCO3)[C@H](C(=O)N2C(=O)OC[C@H]2Cc2ccccc2)[C@H]1c1ccc(OC)cc1. The molecule has 0 unspecified atom stereocenters. The van der Waals surface area contributed by atoms with Crippen molar-refractivity contribution in [2.75, 3.05) is 46.7 Å². The zero-order valence-electron chi connectivity index (χ0n) is 28.7. The summed E-state index contributed by atoms with van der Waals surface area (Å²) < 4.78 is 22.4. The standard InChI is InChI=1S/C39H47N3O7/c1-4-6-19-40(20-7-5-2)35(43)24-41-23-32(29-15-18-33-34(22-29)49-26-48-33)36(37(41)28-13-16-31(46-3)17-14-28)38(44)42-30(25-47-39(42)45)21-27-11-9-8-10-12-27/h8-18,22,30,32,36-37H,4-7,19-21,23-26H2,1-3H3/t30-,32+,36+,37-/m1/s1. The monoisotopic (exact) mass is 669 g/mol. The lowest BCUT2D eigenvalue weighted by molar-refractivity contribution is -0.137. The van der Waals surface area contributed by atoms with Gasteiger partial charge >= 0.3 is 6.09 Å². The van der Waals surface area contributed by atoms with E-state index in [9.17, 15) is 9.59 Å². The van der Waals surface area contributed by atoms with Crippen LogP contribution in [-0.2, 0) is 20.7 Å². The number of benzene rings is 3. The van der Waals surface area contributed by atoms with Gasteiger partial charge in [0.15, 0.2) is 11.5 Å². The second kappa shape index (κ2) is 15.8.